The smallest absolute Gasteiger partial charge is 0.120 e. The summed E-state index contributed by atoms with van der Waals surface area (Å²) in [6, 6.07) is 0. The van der Waals surface area contributed by atoms with Gasteiger partial charge in [0.2, 0.25) is 0 Å². The van der Waals surface area contributed by atoms with Crippen molar-refractivity contribution in [3.63, 3.8) is 0 Å². The van der Waals surface area contributed by atoms with Gasteiger partial charge in [0.05, 0.1) is 11.7 Å². The van der Waals surface area contributed by atoms with Gasteiger partial charge in [0.15, 0.2) is 0 Å². The zero-order valence-electron chi connectivity index (χ0n) is 7.08. The molecular weight excluding hydrogens is 144 g/mol. The van der Waals surface area contributed by atoms with Crippen molar-refractivity contribution in [2.24, 2.45) is 0 Å². The van der Waals surface area contributed by atoms with Crippen LogP contribution in [-0.2, 0) is 4.79 Å². The van der Waals surface area contributed by atoms with Crippen LogP contribution in [0.4, 0.5) is 0 Å². The van der Waals surface area contributed by atoms with Crippen molar-refractivity contribution in [3.05, 3.63) is 0 Å². The summed E-state index contributed by atoms with van der Waals surface area (Å²) in [5.74, 6) is 0. The van der Waals surface area contributed by atoms with E-state index in [4.69, 9.17) is 0 Å². The Hall–Kier alpha value is -0.410. The number of hydrogen-bond donors (Lipinski definition) is 2. The highest BCUT2D eigenvalue weighted by molar-refractivity contribution is 5.49. The van der Waals surface area contributed by atoms with E-state index in [1.165, 1.54) is 0 Å². The second kappa shape index (κ2) is 4.46. The molecule has 66 valence electrons. The van der Waals surface area contributed by atoms with Crippen LogP contribution in [0.1, 0.15) is 33.1 Å². The van der Waals surface area contributed by atoms with Gasteiger partial charge in [-0.05, 0) is 20.3 Å². The molecule has 0 bridgehead atoms. The summed E-state index contributed by atoms with van der Waals surface area (Å²) < 4.78 is 0. The number of carbonyl (C=O) groups excluding carboxylic acids is 1. The number of aliphatic hydroxyl groups excluding tert-OH is 1. The average Bonchev–Trinajstić information content (AvgIpc) is 1.79. The first-order valence-electron chi connectivity index (χ1n) is 3.80. The van der Waals surface area contributed by atoms with Crippen LogP contribution in [0.2, 0.25) is 0 Å². The molecule has 0 rings (SSSR count). The lowest BCUT2D eigenvalue weighted by molar-refractivity contribution is -0.108. The fraction of sp³-hybridized carbons (Fsp3) is 0.875. The van der Waals surface area contributed by atoms with Crippen molar-refractivity contribution >= 4 is 6.29 Å². The summed E-state index contributed by atoms with van der Waals surface area (Å²) >= 11 is 0. The van der Waals surface area contributed by atoms with E-state index in [9.17, 15) is 15.0 Å². The van der Waals surface area contributed by atoms with Crippen molar-refractivity contribution in [2.45, 2.75) is 44.8 Å². The summed E-state index contributed by atoms with van der Waals surface area (Å²) in [4.78, 5) is 9.90. The van der Waals surface area contributed by atoms with Gasteiger partial charge in [-0.1, -0.05) is 0 Å². The number of aliphatic hydroxyl groups is 2. The maximum atomic E-state index is 9.90. The molecule has 0 saturated carbocycles. The lowest BCUT2D eigenvalue weighted by Gasteiger charge is -2.20. The minimum absolute atomic E-state index is 0.320. The SMILES string of the molecule is CC(C)(O)CC(O)CCC=O. The Morgan fingerprint density at radius 1 is 1.55 bits per heavy atom. The fourth-order valence-corrected chi connectivity index (χ4v) is 0.939. The van der Waals surface area contributed by atoms with Gasteiger partial charge in [-0.25, -0.2) is 0 Å². The Labute approximate surface area is 67.0 Å². The Balaban J connectivity index is 3.51. The van der Waals surface area contributed by atoms with Gasteiger partial charge in [-0.15, -0.1) is 0 Å². The zero-order valence-corrected chi connectivity index (χ0v) is 7.08. The fourth-order valence-electron chi connectivity index (χ4n) is 0.939. The molecule has 0 aromatic carbocycles. The third kappa shape index (κ3) is 7.49. The van der Waals surface area contributed by atoms with E-state index in [1.54, 1.807) is 13.8 Å². The van der Waals surface area contributed by atoms with Crippen molar-refractivity contribution in [1.82, 2.24) is 0 Å². The zero-order chi connectivity index (χ0) is 8.91. The van der Waals surface area contributed by atoms with Crippen LogP contribution in [0.15, 0.2) is 0 Å². The summed E-state index contributed by atoms with van der Waals surface area (Å²) in [6.45, 7) is 3.27. The molecule has 0 aromatic heterocycles. The highest BCUT2D eigenvalue weighted by Crippen LogP contribution is 2.13. The van der Waals surface area contributed by atoms with E-state index in [0.29, 0.717) is 19.3 Å². The normalized spacial score (nSPS) is 14.5. The van der Waals surface area contributed by atoms with Gasteiger partial charge in [-0.2, -0.15) is 0 Å². The molecule has 0 aliphatic heterocycles. The average molecular weight is 160 g/mol. The second-order valence-electron chi connectivity index (χ2n) is 3.41. The van der Waals surface area contributed by atoms with Crippen molar-refractivity contribution in [3.8, 4) is 0 Å². The number of rotatable bonds is 5. The Morgan fingerprint density at radius 2 is 2.09 bits per heavy atom. The van der Waals surface area contributed by atoms with E-state index in [-0.39, 0.29) is 0 Å². The monoisotopic (exact) mass is 160 g/mol. The molecule has 0 aliphatic rings. The van der Waals surface area contributed by atoms with Crippen molar-refractivity contribution in [2.75, 3.05) is 0 Å². The van der Waals surface area contributed by atoms with Gasteiger partial charge < -0.3 is 15.0 Å². The molecular formula is C8H16O3. The lowest BCUT2D eigenvalue weighted by Crippen LogP contribution is -2.26. The molecule has 3 nitrogen and oxygen atoms in total. The molecule has 1 atom stereocenters. The molecule has 11 heavy (non-hydrogen) atoms. The molecule has 0 radical (unpaired) electrons. The first-order chi connectivity index (χ1) is 4.95. The molecule has 0 aromatic rings. The van der Waals surface area contributed by atoms with Gasteiger partial charge in [0.1, 0.15) is 6.29 Å². The number of hydrogen-bond acceptors (Lipinski definition) is 3. The minimum Gasteiger partial charge on any atom is -0.393 e. The van der Waals surface area contributed by atoms with Crippen molar-refractivity contribution < 1.29 is 15.0 Å². The quantitative estimate of drug-likeness (QED) is 0.575. The van der Waals surface area contributed by atoms with Crippen LogP contribution >= 0.6 is 0 Å². The summed E-state index contributed by atoms with van der Waals surface area (Å²) in [5.41, 5.74) is -0.845. The van der Waals surface area contributed by atoms with Gasteiger partial charge in [-0.3, -0.25) is 0 Å². The van der Waals surface area contributed by atoms with Gasteiger partial charge >= 0.3 is 0 Å². The first kappa shape index (κ1) is 10.6. The van der Waals surface area contributed by atoms with E-state index < -0.39 is 11.7 Å². The minimum atomic E-state index is -0.845. The van der Waals surface area contributed by atoms with Crippen LogP contribution in [0.3, 0.4) is 0 Å². The topological polar surface area (TPSA) is 57.5 Å². The van der Waals surface area contributed by atoms with Gasteiger partial charge in [0.25, 0.3) is 0 Å². The Morgan fingerprint density at radius 3 is 2.45 bits per heavy atom. The van der Waals surface area contributed by atoms with Crippen LogP contribution < -0.4 is 0 Å². The van der Waals surface area contributed by atoms with Gasteiger partial charge in [0, 0.05) is 12.8 Å². The molecule has 1 unspecified atom stereocenters. The van der Waals surface area contributed by atoms with Crippen LogP contribution in [0.25, 0.3) is 0 Å². The van der Waals surface area contributed by atoms with E-state index in [2.05, 4.69) is 0 Å². The van der Waals surface area contributed by atoms with E-state index >= 15 is 0 Å². The highest BCUT2D eigenvalue weighted by Gasteiger charge is 2.17. The second-order valence-corrected chi connectivity index (χ2v) is 3.41. The lowest BCUT2D eigenvalue weighted by atomic mass is 9.98. The summed E-state index contributed by atoms with van der Waals surface area (Å²) in [5, 5.41) is 18.4. The molecule has 0 aliphatic carbocycles. The third-order valence-corrected chi connectivity index (χ3v) is 1.35. The molecule has 0 amide bonds. The van der Waals surface area contributed by atoms with Crippen LogP contribution in [0.5, 0.6) is 0 Å². The molecule has 0 saturated heterocycles. The molecule has 0 fully saturated rings. The van der Waals surface area contributed by atoms with Crippen LogP contribution in [0, 0.1) is 0 Å². The maximum absolute atomic E-state index is 9.90. The first-order valence-corrected chi connectivity index (χ1v) is 3.80. The number of carbonyl (C=O) groups is 1. The van der Waals surface area contributed by atoms with E-state index in [0.717, 1.165) is 6.29 Å². The van der Waals surface area contributed by atoms with E-state index in [1.807, 2.05) is 0 Å². The molecule has 3 heteroatoms. The highest BCUT2D eigenvalue weighted by atomic mass is 16.3. The predicted octanol–water partition coefficient (Wildman–Crippen LogP) is 0.487. The maximum Gasteiger partial charge on any atom is 0.120 e. The standard InChI is InChI=1S/C8H16O3/c1-8(2,11)6-7(10)4-3-5-9/h5,7,10-11H,3-4,6H2,1-2H3. The third-order valence-electron chi connectivity index (χ3n) is 1.35. The largest absolute Gasteiger partial charge is 0.393 e. The molecule has 0 spiro atoms. The molecule has 2 N–H and O–H groups in total. The Bertz CT molecular complexity index is 115. The molecule has 0 heterocycles. The summed E-state index contributed by atoms with van der Waals surface area (Å²) in [6.07, 6.45) is 1.32. The van der Waals surface area contributed by atoms with Crippen molar-refractivity contribution in [1.29, 1.82) is 0 Å². The predicted molar refractivity (Wildman–Crippen MR) is 42.2 cm³/mol. The number of aldehydes is 1. The van der Waals surface area contributed by atoms with Crippen LogP contribution in [-0.4, -0.2) is 28.2 Å². The Kier molecular flexibility index (Phi) is 4.30. The summed E-state index contributed by atoms with van der Waals surface area (Å²) in [7, 11) is 0.